The zero-order valence-electron chi connectivity index (χ0n) is 24.9. The summed E-state index contributed by atoms with van der Waals surface area (Å²) in [5.74, 6) is 0.621. The molecule has 0 bridgehead atoms. The number of carbonyl (C=O) groups excluding carboxylic acids is 2. The first-order valence-electron chi connectivity index (χ1n) is 15.9. The fraction of sp³-hybridized carbons (Fsp3) is 0.444. The molecule has 0 aromatic heterocycles. The van der Waals surface area contributed by atoms with Gasteiger partial charge in [-0.1, -0.05) is 56.5 Å². The number of nitrogens with one attached hydrogen (secondary N) is 2. The lowest BCUT2D eigenvalue weighted by Gasteiger charge is -2.33. The highest BCUT2D eigenvalue weighted by Gasteiger charge is 2.37. The van der Waals surface area contributed by atoms with Crippen molar-refractivity contribution in [3.8, 4) is 11.5 Å². The van der Waals surface area contributed by atoms with Crippen molar-refractivity contribution in [2.75, 3.05) is 25.0 Å². The van der Waals surface area contributed by atoms with E-state index in [9.17, 15) is 14.7 Å². The first kappa shape index (κ1) is 29.4. The lowest BCUT2D eigenvalue weighted by Crippen LogP contribution is -2.32. The molecule has 0 saturated heterocycles. The second-order valence-corrected chi connectivity index (χ2v) is 12.5. The molecule has 1 saturated carbocycles. The predicted octanol–water partition coefficient (Wildman–Crippen LogP) is 7.64. The third-order valence-corrected chi connectivity index (χ3v) is 9.39. The number of fused-ring (bicyclic) bond motifs is 3. The number of ketones is 1. The number of benzene rings is 3. The zero-order chi connectivity index (χ0) is 29.9. The van der Waals surface area contributed by atoms with Crippen molar-refractivity contribution in [3.05, 3.63) is 76.6 Å². The molecule has 3 aromatic carbocycles. The minimum atomic E-state index is -0.596. The van der Waals surface area contributed by atoms with Crippen molar-refractivity contribution in [1.29, 1.82) is 0 Å². The summed E-state index contributed by atoms with van der Waals surface area (Å²) in [4.78, 5) is 27.4. The van der Waals surface area contributed by atoms with Gasteiger partial charge >= 0.3 is 0 Å². The number of aliphatic hydroxyl groups excluding tert-OH is 1. The number of anilines is 1. The van der Waals surface area contributed by atoms with E-state index in [0.717, 1.165) is 28.7 Å². The second kappa shape index (κ2) is 12.9. The molecule has 1 aliphatic heterocycles. The Morgan fingerprint density at radius 2 is 1.88 bits per heavy atom. The van der Waals surface area contributed by atoms with Crippen LogP contribution in [0.2, 0.25) is 0 Å². The van der Waals surface area contributed by atoms with Crippen molar-refractivity contribution >= 4 is 28.2 Å². The van der Waals surface area contributed by atoms with Gasteiger partial charge < -0.3 is 20.5 Å². The molecule has 3 N–H and O–H groups in total. The number of Topliss-reactive ketones (excluding diaryl/α,β-unsaturated/α-hetero) is 1. The van der Waals surface area contributed by atoms with Gasteiger partial charge in [0.2, 0.25) is 0 Å². The van der Waals surface area contributed by atoms with Crippen molar-refractivity contribution in [2.24, 2.45) is 11.8 Å². The molecule has 3 unspecified atom stereocenters. The SMILES string of the molecule is CC1CCCC(CCNC(=O)/C2=C/CCC3c4cc5ccccc5cc4Oc4c(NCCCCO)c(F)cc(c43)C2=O)C1. The zero-order valence-corrected chi connectivity index (χ0v) is 24.9. The van der Waals surface area contributed by atoms with Crippen molar-refractivity contribution in [1.82, 2.24) is 5.32 Å². The Kier molecular flexibility index (Phi) is 8.80. The van der Waals surface area contributed by atoms with E-state index in [2.05, 4.69) is 29.7 Å². The molecule has 1 amide bonds. The Morgan fingerprint density at radius 1 is 1.07 bits per heavy atom. The van der Waals surface area contributed by atoms with E-state index in [1.807, 2.05) is 24.3 Å². The quantitative estimate of drug-likeness (QED) is 0.178. The van der Waals surface area contributed by atoms with E-state index in [0.29, 0.717) is 61.8 Å². The van der Waals surface area contributed by atoms with Crippen LogP contribution in [0.25, 0.3) is 10.8 Å². The largest absolute Gasteiger partial charge is 0.454 e. The third-order valence-electron chi connectivity index (χ3n) is 9.39. The molecule has 0 spiro atoms. The maximum absolute atomic E-state index is 15.8. The molecule has 7 heteroatoms. The number of hydrogen-bond donors (Lipinski definition) is 3. The summed E-state index contributed by atoms with van der Waals surface area (Å²) >= 11 is 0. The molecular weight excluding hydrogens is 543 g/mol. The average molecular weight is 585 g/mol. The number of ether oxygens (including phenoxy) is 1. The van der Waals surface area contributed by atoms with Crippen LogP contribution in [0.4, 0.5) is 10.1 Å². The van der Waals surface area contributed by atoms with Gasteiger partial charge in [-0.05, 0) is 79.3 Å². The maximum Gasteiger partial charge on any atom is 0.254 e. The van der Waals surface area contributed by atoms with E-state index >= 15 is 4.39 Å². The molecule has 1 fully saturated rings. The first-order valence-corrected chi connectivity index (χ1v) is 15.9. The van der Waals surface area contributed by atoms with Gasteiger partial charge in [-0.25, -0.2) is 4.39 Å². The lowest BCUT2D eigenvalue weighted by molar-refractivity contribution is -0.117. The van der Waals surface area contributed by atoms with Crippen molar-refractivity contribution in [3.63, 3.8) is 0 Å². The number of allylic oxidation sites excluding steroid dienone is 1. The molecule has 2 aliphatic carbocycles. The first-order chi connectivity index (χ1) is 20.9. The van der Waals surface area contributed by atoms with Gasteiger partial charge in [-0.3, -0.25) is 9.59 Å². The highest BCUT2D eigenvalue weighted by atomic mass is 19.1. The highest BCUT2D eigenvalue weighted by Crippen LogP contribution is 2.53. The van der Waals surface area contributed by atoms with Gasteiger partial charge in [-0.15, -0.1) is 0 Å². The maximum atomic E-state index is 15.8. The lowest BCUT2D eigenvalue weighted by atomic mass is 9.77. The molecule has 3 aliphatic rings. The van der Waals surface area contributed by atoms with E-state index < -0.39 is 17.5 Å². The van der Waals surface area contributed by atoms with Crippen LogP contribution in [0.1, 0.15) is 92.1 Å². The Balaban J connectivity index is 1.34. The Hall–Kier alpha value is -3.71. The topological polar surface area (TPSA) is 87.7 Å². The Labute approximate surface area is 252 Å². The van der Waals surface area contributed by atoms with Crippen LogP contribution in [0, 0.1) is 17.7 Å². The molecule has 226 valence electrons. The summed E-state index contributed by atoms with van der Waals surface area (Å²) in [6, 6.07) is 13.4. The third kappa shape index (κ3) is 6.05. The molecule has 43 heavy (non-hydrogen) atoms. The molecule has 1 heterocycles. The fourth-order valence-corrected chi connectivity index (χ4v) is 7.19. The molecule has 3 aromatic rings. The van der Waals surface area contributed by atoms with Gasteiger partial charge in [-0.2, -0.15) is 0 Å². The Bertz CT molecular complexity index is 1560. The van der Waals surface area contributed by atoms with Crippen LogP contribution in [-0.2, 0) is 4.79 Å². The highest BCUT2D eigenvalue weighted by molar-refractivity contribution is 6.26. The van der Waals surface area contributed by atoms with Crippen LogP contribution in [0.5, 0.6) is 11.5 Å². The molecular formula is C36H41FN2O4. The normalized spacial score (nSPS) is 22.3. The van der Waals surface area contributed by atoms with Crippen LogP contribution in [0.15, 0.2) is 54.1 Å². The molecule has 6 rings (SSSR count). The number of hydrogen-bond acceptors (Lipinski definition) is 5. The van der Waals surface area contributed by atoms with Crippen LogP contribution in [-0.4, -0.2) is 36.5 Å². The van der Waals surface area contributed by atoms with E-state index in [1.54, 1.807) is 6.08 Å². The van der Waals surface area contributed by atoms with Crippen molar-refractivity contribution < 1.29 is 23.8 Å². The number of amides is 1. The summed E-state index contributed by atoms with van der Waals surface area (Å²) < 4.78 is 22.3. The average Bonchev–Trinajstić information content (AvgIpc) is 2.99. The summed E-state index contributed by atoms with van der Waals surface area (Å²) in [7, 11) is 0. The van der Waals surface area contributed by atoms with E-state index in [-0.39, 0.29) is 29.3 Å². The summed E-state index contributed by atoms with van der Waals surface area (Å²) in [5.41, 5.74) is 2.06. The number of aliphatic hydroxyl groups is 1. The standard InChI is InChI=1S/C36H41FN2O4/c1-22-8-6-9-23(18-22)14-16-39-36(42)27-13-7-12-26-28-19-24-10-2-3-11-25(24)20-31(28)43-35-32(26)29(34(27)41)21-30(37)33(35)38-15-4-5-17-40/h2-3,10-11,13,19-23,26,38,40H,4-9,12,14-18H2,1H3,(H,39,42)/b27-13+. The predicted molar refractivity (Wildman–Crippen MR) is 167 cm³/mol. The van der Waals surface area contributed by atoms with Gasteiger partial charge in [0.25, 0.3) is 5.91 Å². The number of halogens is 1. The van der Waals surface area contributed by atoms with Gasteiger partial charge in [0, 0.05) is 42.3 Å². The van der Waals surface area contributed by atoms with Crippen LogP contribution >= 0.6 is 0 Å². The summed E-state index contributed by atoms with van der Waals surface area (Å²) in [6.07, 6.45) is 9.93. The smallest absolute Gasteiger partial charge is 0.254 e. The minimum absolute atomic E-state index is 0.0612. The summed E-state index contributed by atoms with van der Waals surface area (Å²) in [5, 5.41) is 17.4. The molecule has 0 radical (unpaired) electrons. The monoisotopic (exact) mass is 584 g/mol. The van der Waals surface area contributed by atoms with Crippen LogP contribution < -0.4 is 15.4 Å². The fourth-order valence-electron chi connectivity index (χ4n) is 7.19. The molecule has 6 nitrogen and oxygen atoms in total. The second-order valence-electron chi connectivity index (χ2n) is 12.5. The molecule has 3 atom stereocenters. The van der Waals surface area contributed by atoms with Gasteiger partial charge in [0.1, 0.15) is 11.4 Å². The van der Waals surface area contributed by atoms with E-state index in [4.69, 9.17) is 4.74 Å². The van der Waals surface area contributed by atoms with E-state index in [1.165, 1.54) is 31.7 Å². The van der Waals surface area contributed by atoms with Crippen molar-refractivity contribution in [2.45, 2.75) is 70.6 Å². The van der Waals surface area contributed by atoms with Gasteiger partial charge in [0.05, 0.1) is 5.57 Å². The number of unbranched alkanes of at least 4 members (excludes halogenated alkanes) is 1. The van der Waals surface area contributed by atoms with Gasteiger partial charge in [0.15, 0.2) is 17.3 Å². The Morgan fingerprint density at radius 3 is 2.67 bits per heavy atom. The number of carbonyl (C=O) groups is 2. The van der Waals surface area contributed by atoms with Crippen LogP contribution in [0.3, 0.4) is 0 Å². The number of rotatable bonds is 9. The minimum Gasteiger partial charge on any atom is -0.454 e. The summed E-state index contributed by atoms with van der Waals surface area (Å²) in [6.45, 7) is 3.32.